The molecule has 0 aromatic carbocycles. The van der Waals surface area contributed by atoms with Crippen LogP contribution >= 0.6 is 0 Å². The monoisotopic (exact) mass is 219 g/mol. The lowest BCUT2D eigenvalue weighted by Crippen LogP contribution is -2.39. The van der Waals surface area contributed by atoms with Crippen LogP contribution in [0.1, 0.15) is 26.2 Å². The molecule has 2 heteroatoms. The second-order valence-electron chi connectivity index (χ2n) is 5.75. The van der Waals surface area contributed by atoms with Gasteiger partial charge in [0, 0.05) is 11.8 Å². The summed E-state index contributed by atoms with van der Waals surface area (Å²) < 4.78 is 5.97. The van der Waals surface area contributed by atoms with Crippen LogP contribution in [0.4, 0.5) is 0 Å². The second kappa shape index (κ2) is 3.63. The van der Waals surface area contributed by atoms with Crippen LogP contribution < -0.4 is 0 Å². The molecule has 0 bridgehead atoms. The number of nitrogens with zero attached hydrogens (tertiary/aromatic N) is 1. The topological polar surface area (TPSA) is 12.5 Å². The quantitative estimate of drug-likeness (QED) is 0.621. The molecule has 88 valence electrons. The fourth-order valence-corrected chi connectivity index (χ4v) is 3.20. The van der Waals surface area contributed by atoms with Gasteiger partial charge in [-0.2, -0.15) is 0 Å². The fourth-order valence-electron chi connectivity index (χ4n) is 3.20. The number of likely N-dealkylation sites (tertiary alicyclic amines) is 1. The summed E-state index contributed by atoms with van der Waals surface area (Å²) in [7, 11) is 2.22. The van der Waals surface area contributed by atoms with Crippen molar-refractivity contribution in [1.29, 1.82) is 0 Å². The number of hydrogen-bond donors (Lipinski definition) is 0. The van der Waals surface area contributed by atoms with Crippen LogP contribution in [0.5, 0.6) is 0 Å². The minimum atomic E-state index is 0.360. The van der Waals surface area contributed by atoms with Gasteiger partial charge < -0.3 is 9.64 Å². The van der Waals surface area contributed by atoms with Crippen molar-refractivity contribution in [3.63, 3.8) is 0 Å². The molecule has 1 aliphatic carbocycles. The third-order valence-corrected chi connectivity index (χ3v) is 4.44. The zero-order valence-corrected chi connectivity index (χ0v) is 10.3. The molecule has 0 aromatic rings. The number of ether oxygens (including phenoxy) is 1. The predicted molar refractivity (Wildman–Crippen MR) is 65.1 cm³/mol. The van der Waals surface area contributed by atoms with Crippen molar-refractivity contribution in [2.24, 2.45) is 11.3 Å². The van der Waals surface area contributed by atoms with Crippen molar-refractivity contribution in [3.05, 3.63) is 23.5 Å². The Balaban J connectivity index is 1.86. The smallest absolute Gasteiger partial charge is 0.100 e. The molecule has 16 heavy (non-hydrogen) atoms. The summed E-state index contributed by atoms with van der Waals surface area (Å²) in [4.78, 5) is 2.43. The SMILES string of the molecule is CC1C=CC2=C(C1)OCC21CCN(C)CC1. The van der Waals surface area contributed by atoms with E-state index in [1.165, 1.54) is 37.3 Å². The van der Waals surface area contributed by atoms with E-state index in [9.17, 15) is 0 Å². The minimum Gasteiger partial charge on any atom is -0.497 e. The van der Waals surface area contributed by atoms with Gasteiger partial charge in [-0.15, -0.1) is 0 Å². The summed E-state index contributed by atoms with van der Waals surface area (Å²) in [6.45, 7) is 5.62. The summed E-state index contributed by atoms with van der Waals surface area (Å²) in [6.07, 6.45) is 8.35. The maximum atomic E-state index is 5.97. The third-order valence-electron chi connectivity index (χ3n) is 4.44. The standard InChI is InChI=1S/C14H21NO/c1-11-3-4-12-13(9-11)16-10-14(12)5-7-15(2)8-6-14/h3-4,11H,5-10H2,1-2H3. The van der Waals surface area contributed by atoms with Gasteiger partial charge in [-0.05, 0) is 44.5 Å². The number of allylic oxidation sites excluding steroid dienone is 3. The lowest BCUT2D eigenvalue weighted by atomic mass is 9.72. The summed E-state index contributed by atoms with van der Waals surface area (Å²) >= 11 is 0. The molecule has 1 unspecified atom stereocenters. The maximum absolute atomic E-state index is 5.97. The number of piperidine rings is 1. The van der Waals surface area contributed by atoms with Gasteiger partial charge in [0.15, 0.2) is 0 Å². The van der Waals surface area contributed by atoms with Crippen LogP contribution in [0.15, 0.2) is 23.5 Å². The van der Waals surface area contributed by atoms with Gasteiger partial charge in [0.1, 0.15) is 5.76 Å². The van der Waals surface area contributed by atoms with Crippen LogP contribution in [0, 0.1) is 11.3 Å². The average molecular weight is 219 g/mol. The number of fused-ring (bicyclic) bond motifs is 1. The van der Waals surface area contributed by atoms with Crippen LogP contribution in [0.2, 0.25) is 0 Å². The lowest BCUT2D eigenvalue weighted by molar-refractivity contribution is 0.0964. The molecule has 3 rings (SSSR count). The molecule has 2 heterocycles. The summed E-state index contributed by atoms with van der Waals surface area (Å²) in [5, 5.41) is 0. The Labute approximate surface area is 98.0 Å². The first kappa shape index (κ1) is 10.4. The maximum Gasteiger partial charge on any atom is 0.100 e. The average Bonchev–Trinajstić information content (AvgIpc) is 2.62. The van der Waals surface area contributed by atoms with E-state index in [2.05, 4.69) is 31.0 Å². The molecule has 1 saturated heterocycles. The number of rotatable bonds is 0. The molecular weight excluding hydrogens is 198 g/mol. The van der Waals surface area contributed by atoms with E-state index in [4.69, 9.17) is 4.74 Å². The van der Waals surface area contributed by atoms with Gasteiger partial charge in [-0.1, -0.05) is 19.1 Å². The molecule has 0 radical (unpaired) electrons. The Morgan fingerprint density at radius 1 is 1.38 bits per heavy atom. The fraction of sp³-hybridized carbons (Fsp3) is 0.714. The minimum absolute atomic E-state index is 0.360. The van der Waals surface area contributed by atoms with Crippen LogP contribution in [-0.4, -0.2) is 31.6 Å². The molecule has 0 aromatic heterocycles. The van der Waals surface area contributed by atoms with E-state index in [-0.39, 0.29) is 0 Å². The first-order valence-electron chi connectivity index (χ1n) is 6.43. The van der Waals surface area contributed by atoms with E-state index in [0.717, 1.165) is 13.0 Å². The highest BCUT2D eigenvalue weighted by Crippen LogP contribution is 2.48. The second-order valence-corrected chi connectivity index (χ2v) is 5.75. The summed E-state index contributed by atoms with van der Waals surface area (Å²) in [5.74, 6) is 1.94. The lowest BCUT2D eigenvalue weighted by Gasteiger charge is -2.38. The Kier molecular flexibility index (Phi) is 2.36. The van der Waals surface area contributed by atoms with Crippen molar-refractivity contribution in [2.45, 2.75) is 26.2 Å². The Morgan fingerprint density at radius 3 is 2.88 bits per heavy atom. The van der Waals surface area contributed by atoms with Crippen LogP contribution in [-0.2, 0) is 4.74 Å². The van der Waals surface area contributed by atoms with E-state index < -0.39 is 0 Å². The van der Waals surface area contributed by atoms with Crippen molar-refractivity contribution in [2.75, 3.05) is 26.7 Å². The molecule has 2 aliphatic heterocycles. The Hall–Kier alpha value is -0.760. The van der Waals surface area contributed by atoms with Gasteiger partial charge >= 0.3 is 0 Å². The van der Waals surface area contributed by atoms with Crippen molar-refractivity contribution < 1.29 is 4.74 Å². The van der Waals surface area contributed by atoms with E-state index >= 15 is 0 Å². The van der Waals surface area contributed by atoms with Gasteiger partial charge in [-0.25, -0.2) is 0 Å². The molecule has 0 amide bonds. The third kappa shape index (κ3) is 1.51. The zero-order valence-electron chi connectivity index (χ0n) is 10.3. The zero-order chi connectivity index (χ0) is 11.2. The van der Waals surface area contributed by atoms with Crippen molar-refractivity contribution in [3.8, 4) is 0 Å². The molecule has 0 saturated carbocycles. The number of hydrogen-bond acceptors (Lipinski definition) is 2. The molecule has 2 nitrogen and oxygen atoms in total. The Morgan fingerprint density at radius 2 is 2.12 bits per heavy atom. The van der Waals surface area contributed by atoms with E-state index in [1.54, 1.807) is 0 Å². The predicted octanol–water partition coefficient (Wildman–Crippen LogP) is 2.58. The molecular formula is C14H21NO. The molecule has 1 atom stereocenters. The van der Waals surface area contributed by atoms with E-state index in [0.29, 0.717) is 11.3 Å². The van der Waals surface area contributed by atoms with Gasteiger partial charge in [0.05, 0.1) is 6.61 Å². The summed E-state index contributed by atoms with van der Waals surface area (Å²) in [5.41, 5.74) is 1.89. The molecule has 0 N–H and O–H groups in total. The van der Waals surface area contributed by atoms with Crippen molar-refractivity contribution >= 4 is 0 Å². The van der Waals surface area contributed by atoms with Crippen LogP contribution in [0.25, 0.3) is 0 Å². The van der Waals surface area contributed by atoms with E-state index in [1.807, 2.05) is 0 Å². The molecule has 3 aliphatic rings. The molecule has 1 fully saturated rings. The Bertz CT molecular complexity index is 348. The highest BCUT2D eigenvalue weighted by Gasteiger charge is 2.44. The van der Waals surface area contributed by atoms with Gasteiger partial charge in [-0.3, -0.25) is 0 Å². The normalized spacial score (nSPS) is 33.0. The first-order valence-corrected chi connectivity index (χ1v) is 6.43. The van der Waals surface area contributed by atoms with Crippen LogP contribution in [0.3, 0.4) is 0 Å². The summed E-state index contributed by atoms with van der Waals surface area (Å²) in [6, 6.07) is 0. The van der Waals surface area contributed by atoms with Crippen molar-refractivity contribution in [1.82, 2.24) is 4.90 Å². The highest BCUT2D eigenvalue weighted by atomic mass is 16.5. The van der Waals surface area contributed by atoms with Gasteiger partial charge in [0.2, 0.25) is 0 Å². The van der Waals surface area contributed by atoms with Gasteiger partial charge in [0.25, 0.3) is 0 Å². The largest absolute Gasteiger partial charge is 0.497 e. The molecule has 1 spiro atoms. The first-order chi connectivity index (χ1) is 7.70. The highest BCUT2D eigenvalue weighted by molar-refractivity contribution is 5.37.